The Morgan fingerprint density at radius 3 is 2.58 bits per heavy atom. The molecule has 0 aliphatic carbocycles. The highest BCUT2D eigenvalue weighted by molar-refractivity contribution is 7.80. The van der Waals surface area contributed by atoms with Gasteiger partial charge in [-0.15, -0.1) is 0 Å². The summed E-state index contributed by atoms with van der Waals surface area (Å²) in [5.74, 6) is -0.322. The molecule has 1 unspecified atom stereocenters. The van der Waals surface area contributed by atoms with Crippen molar-refractivity contribution in [3.8, 4) is 0 Å². The smallest absolute Gasteiger partial charge is 0.174 e. The number of nitrogens with zero attached hydrogens (tertiary/aromatic N) is 1. The summed E-state index contributed by atoms with van der Waals surface area (Å²) in [6.07, 6.45) is 0. The Morgan fingerprint density at radius 1 is 1.27 bits per heavy atom. The summed E-state index contributed by atoms with van der Waals surface area (Å²) in [5, 5.41) is 4.37. The number of rotatable bonds is 4. The van der Waals surface area contributed by atoms with Crippen molar-refractivity contribution in [1.82, 2.24) is 10.2 Å². The van der Waals surface area contributed by atoms with Crippen LogP contribution in [0.3, 0.4) is 0 Å². The van der Waals surface area contributed by atoms with Gasteiger partial charge in [-0.25, -0.2) is 4.39 Å². The first kappa shape index (κ1) is 18.5. The molecule has 1 aliphatic heterocycles. The van der Waals surface area contributed by atoms with E-state index in [4.69, 9.17) is 23.8 Å². The Bertz CT molecular complexity index is 895. The first-order valence-corrected chi connectivity index (χ1v) is 8.95. The van der Waals surface area contributed by atoms with Crippen molar-refractivity contribution in [2.75, 3.05) is 0 Å². The van der Waals surface area contributed by atoms with Crippen LogP contribution in [0.25, 0.3) is 0 Å². The average Bonchev–Trinajstić information content (AvgIpc) is 2.59. The van der Waals surface area contributed by atoms with Crippen LogP contribution in [0.5, 0.6) is 0 Å². The standard InChI is InChI=1S/C20H18ClFN2OS/c1-12-18(13(2)25)19(15-4-3-5-16(21)10-15)23-20(26)24(12)11-14-6-8-17(22)9-7-14/h3-10,19H,11H2,1-2H3,(H,23,26). The molecule has 1 atom stereocenters. The molecule has 0 fully saturated rings. The second kappa shape index (κ2) is 7.56. The zero-order valence-corrected chi connectivity index (χ0v) is 16.0. The lowest BCUT2D eigenvalue weighted by Crippen LogP contribution is -2.47. The van der Waals surface area contributed by atoms with Crippen LogP contribution >= 0.6 is 23.8 Å². The maximum atomic E-state index is 13.1. The molecule has 1 aliphatic rings. The second-order valence-electron chi connectivity index (χ2n) is 6.21. The van der Waals surface area contributed by atoms with E-state index in [0.29, 0.717) is 22.3 Å². The number of hydrogen-bond acceptors (Lipinski definition) is 2. The number of carbonyl (C=O) groups excluding carboxylic acids is 1. The van der Waals surface area contributed by atoms with Gasteiger partial charge < -0.3 is 10.2 Å². The third-order valence-corrected chi connectivity index (χ3v) is 4.98. The fraction of sp³-hybridized carbons (Fsp3) is 0.200. The average molecular weight is 389 g/mol. The minimum absolute atomic E-state index is 0.0356. The minimum atomic E-state index is -0.344. The molecular formula is C20H18ClFN2OS. The van der Waals surface area contributed by atoms with Gasteiger partial charge in [0.05, 0.1) is 6.04 Å². The SMILES string of the molecule is CC(=O)C1=C(C)N(Cc2ccc(F)cc2)C(=S)NC1c1cccc(Cl)c1. The zero-order valence-electron chi connectivity index (χ0n) is 14.4. The normalized spacial score (nSPS) is 17.3. The van der Waals surface area contributed by atoms with E-state index in [9.17, 15) is 9.18 Å². The van der Waals surface area contributed by atoms with Gasteiger partial charge in [0.2, 0.25) is 0 Å². The van der Waals surface area contributed by atoms with Crippen molar-refractivity contribution in [3.63, 3.8) is 0 Å². The van der Waals surface area contributed by atoms with Gasteiger partial charge in [-0.2, -0.15) is 0 Å². The molecule has 0 saturated heterocycles. The van der Waals surface area contributed by atoms with Crippen LogP contribution in [0, 0.1) is 5.82 Å². The highest BCUT2D eigenvalue weighted by atomic mass is 35.5. The topological polar surface area (TPSA) is 32.3 Å². The zero-order chi connectivity index (χ0) is 18.8. The molecule has 2 aromatic rings. The van der Waals surface area contributed by atoms with E-state index in [1.165, 1.54) is 12.1 Å². The van der Waals surface area contributed by atoms with Crippen molar-refractivity contribution in [2.24, 2.45) is 0 Å². The summed E-state index contributed by atoms with van der Waals surface area (Å²) in [5.41, 5.74) is 3.21. The Hall–Kier alpha value is -2.24. The van der Waals surface area contributed by atoms with Gasteiger partial charge in [-0.05, 0) is 61.5 Å². The van der Waals surface area contributed by atoms with E-state index >= 15 is 0 Å². The summed E-state index contributed by atoms with van der Waals surface area (Å²) < 4.78 is 13.1. The van der Waals surface area contributed by atoms with Gasteiger partial charge in [0.15, 0.2) is 10.9 Å². The lowest BCUT2D eigenvalue weighted by molar-refractivity contribution is -0.114. The largest absolute Gasteiger partial charge is 0.351 e. The quantitative estimate of drug-likeness (QED) is 0.764. The summed E-state index contributed by atoms with van der Waals surface area (Å²) in [4.78, 5) is 14.2. The molecule has 0 radical (unpaired) electrons. The lowest BCUT2D eigenvalue weighted by atomic mass is 9.92. The summed E-state index contributed by atoms with van der Waals surface area (Å²) in [7, 11) is 0. The number of ketones is 1. The highest BCUT2D eigenvalue weighted by Crippen LogP contribution is 2.32. The van der Waals surface area contributed by atoms with Crippen molar-refractivity contribution >= 4 is 34.7 Å². The predicted octanol–water partition coefficient (Wildman–Crippen LogP) is 4.77. The number of nitrogens with one attached hydrogen (secondary N) is 1. The van der Waals surface area contributed by atoms with Gasteiger partial charge in [-0.3, -0.25) is 4.79 Å². The molecule has 0 amide bonds. The van der Waals surface area contributed by atoms with Crippen LogP contribution in [-0.4, -0.2) is 15.8 Å². The van der Waals surface area contributed by atoms with Crippen LogP contribution in [-0.2, 0) is 11.3 Å². The maximum Gasteiger partial charge on any atom is 0.174 e. The monoisotopic (exact) mass is 388 g/mol. The first-order chi connectivity index (χ1) is 12.4. The molecule has 0 bridgehead atoms. The molecule has 3 rings (SSSR count). The highest BCUT2D eigenvalue weighted by Gasteiger charge is 2.32. The fourth-order valence-corrected chi connectivity index (χ4v) is 3.66. The molecule has 3 nitrogen and oxygen atoms in total. The number of benzene rings is 2. The Kier molecular flexibility index (Phi) is 5.39. The van der Waals surface area contributed by atoms with Crippen LogP contribution < -0.4 is 5.32 Å². The van der Waals surface area contributed by atoms with E-state index in [2.05, 4.69) is 5.32 Å². The van der Waals surface area contributed by atoms with Crippen molar-refractivity contribution in [3.05, 3.63) is 81.8 Å². The first-order valence-electron chi connectivity index (χ1n) is 8.16. The van der Waals surface area contributed by atoms with Gasteiger partial charge in [0.25, 0.3) is 0 Å². The third kappa shape index (κ3) is 3.79. The van der Waals surface area contributed by atoms with Gasteiger partial charge in [0.1, 0.15) is 5.82 Å². The molecule has 0 aromatic heterocycles. The van der Waals surface area contributed by atoms with E-state index in [-0.39, 0.29) is 17.6 Å². The second-order valence-corrected chi connectivity index (χ2v) is 7.03. The number of halogens is 2. The third-order valence-electron chi connectivity index (χ3n) is 4.41. The van der Waals surface area contributed by atoms with Gasteiger partial charge >= 0.3 is 0 Å². The predicted molar refractivity (Wildman–Crippen MR) is 105 cm³/mol. The Morgan fingerprint density at radius 2 is 1.96 bits per heavy atom. The Labute approximate surface area is 162 Å². The van der Waals surface area contributed by atoms with Gasteiger partial charge in [0, 0.05) is 22.8 Å². The summed E-state index contributed by atoms with van der Waals surface area (Å²) in [6, 6.07) is 13.3. The van der Waals surface area contributed by atoms with Crippen LogP contribution in [0.2, 0.25) is 5.02 Å². The molecule has 1 heterocycles. The number of thiocarbonyl (C=S) groups is 1. The van der Waals surface area contributed by atoms with Crippen molar-refractivity contribution < 1.29 is 9.18 Å². The molecular weight excluding hydrogens is 371 g/mol. The lowest BCUT2D eigenvalue weighted by Gasteiger charge is -2.38. The fourth-order valence-electron chi connectivity index (χ4n) is 3.14. The van der Waals surface area contributed by atoms with E-state index in [1.807, 2.05) is 30.0 Å². The molecule has 6 heteroatoms. The van der Waals surface area contributed by atoms with Crippen LogP contribution in [0.1, 0.15) is 31.0 Å². The van der Waals surface area contributed by atoms with Crippen molar-refractivity contribution in [1.29, 1.82) is 0 Å². The van der Waals surface area contributed by atoms with Crippen LogP contribution in [0.15, 0.2) is 59.8 Å². The number of Topliss-reactive ketones (excluding diaryl/α,β-unsaturated/α-hetero) is 1. The molecule has 134 valence electrons. The number of hydrogen-bond donors (Lipinski definition) is 1. The molecule has 1 N–H and O–H groups in total. The van der Waals surface area contributed by atoms with Gasteiger partial charge in [-0.1, -0.05) is 35.9 Å². The van der Waals surface area contributed by atoms with E-state index in [1.54, 1.807) is 25.1 Å². The van der Waals surface area contributed by atoms with E-state index < -0.39 is 0 Å². The summed E-state index contributed by atoms with van der Waals surface area (Å²) >= 11 is 11.7. The van der Waals surface area contributed by atoms with E-state index in [0.717, 1.165) is 16.8 Å². The van der Waals surface area contributed by atoms with Crippen LogP contribution in [0.4, 0.5) is 4.39 Å². The molecule has 26 heavy (non-hydrogen) atoms. The van der Waals surface area contributed by atoms with Crippen molar-refractivity contribution in [2.45, 2.75) is 26.4 Å². The summed E-state index contributed by atoms with van der Waals surface area (Å²) in [6.45, 7) is 3.88. The minimum Gasteiger partial charge on any atom is -0.351 e. The molecule has 0 saturated carbocycles. The molecule has 0 spiro atoms. The number of carbonyl (C=O) groups is 1. The Balaban J connectivity index is 1.99. The molecule has 2 aromatic carbocycles. The maximum absolute atomic E-state index is 13.1. The number of allylic oxidation sites excluding steroid dienone is 1.